The van der Waals surface area contributed by atoms with Gasteiger partial charge >= 0.3 is 0 Å². The molecule has 0 heterocycles. The molecule has 0 N–H and O–H groups in total. The maximum absolute atomic E-state index is 11.3. The number of unbranched alkanes of at least 4 members (excludes halogenated alkanes) is 5. The van der Waals surface area contributed by atoms with E-state index in [2.05, 4.69) is 13.8 Å². The first-order valence-electron chi connectivity index (χ1n) is 5.96. The van der Waals surface area contributed by atoms with Gasteiger partial charge < -0.3 is 4.52 Å². The Kier molecular flexibility index (Phi) is 11.4. The summed E-state index contributed by atoms with van der Waals surface area (Å²) in [6, 6.07) is 0. The zero-order chi connectivity index (χ0) is 10.6. The summed E-state index contributed by atoms with van der Waals surface area (Å²) in [5.41, 5.74) is 0. The zero-order valence-electron chi connectivity index (χ0n) is 9.68. The molecule has 0 aromatic heterocycles. The standard InChI is InChI=1S/C11H25O2P/c1-3-5-7-8-9-11-14(12)13-10-6-4-2/h14H,3-11H2,1-2H3. The van der Waals surface area contributed by atoms with Gasteiger partial charge in [0.2, 0.25) is 0 Å². The number of rotatable bonds is 10. The van der Waals surface area contributed by atoms with Crippen LogP contribution in [0.25, 0.3) is 0 Å². The lowest BCUT2D eigenvalue weighted by Crippen LogP contribution is -1.88. The molecule has 0 aliphatic heterocycles. The first kappa shape index (κ1) is 14.2. The Labute approximate surface area is 89.3 Å². The lowest BCUT2D eigenvalue weighted by molar-refractivity contribution is 0.320. The lowest BCUT2D eigenvalue weighted by Gasteiger charge is -2.03. The minimum atomic E-state index is -1.70. The van der Waals surface area contributed by atoms with Crippen molar-refractivity contribution in [3.63, 3.8) is 0 Å². The van der Waals surface area contributed by atoms with Crippen LogP contribution in [-0.4, -0.2) is 12.8 Å². The van der Waals surface area contributed by atoms with Gasteiger partial charge in [-0.15, -0.1) is 0 Å². The largest absolute Gasteiger partial charge is 0.330 e. The zero-order valence-corrected chi connectivity index (χ0v) is 10.7. The lowest BCUT2D eigenvalue weighted by atomic mass is 10.2. The summed E-state index contributed by atoms with van der Waals surface area (Å²) in [4.78, 5) is 0. The van der Waals surface area contributed by atoms with E-state index in [1.165, 1.54) is 25.7 Å². The van der Waals surface area contributed by atoms with Crippen molar-refractivity contribution in [1.82, 2.24) is 0 Å². The van der Waals surface area contributed by atoms with Crippen LogP contribution in [0.3, 0.4) is 0 Å². The smallest absolute Gasteiger partial charge is 0.191 e. The van der Waals surface area contributed by atoms with Crippen LogP contribution in [0.4, 0.5) is 0 Å². The molecule has 2 nitrogen and oxygen atoms in total. The summed E-state index contributed by atoms with van der Waals surface area (Å²) in [6.07, 6.45) is 9.07. The van der Waals surface area contributed by atoms with E-state index < -0.39 is 8.03 Å². The molecule has 86 valence electrons. The molecule has 0 rings (SSSR count). The molecule has 0 aliphatic rings. The Morgan fingerprint density at radius 2 is 1.57 bits per heavy atom. The molecule has 0 aromatic rings. The van der Waals surface area contributed by atoms with Crippen LogP contribution < -0.4 is 0 Å². The minimum Gasteiger partial charge on any atom is -0.330 e. The van der Waals surface area contributed by atoms with E-state index in [1.54, 1.807) is 0 Å². The molecule has 3 heteroatoms. The summed E-state index contributed by atoms with van der Waals surface area (Å²) in [7, 11) is -1.70. The van der Waals surface area contributed by atoms with Gasteiger partial charge in [0.25, 0.3) is 0 Å². The molecule has 14 heavy (non-hydrogen) atoms. The maximum Gasteiger partial charge on any atom is 0.191 e. The average Bonchev–Trinajstić information content (AvgIpc) is 2.18. The predicted molar refractivity (Wildman–Crippen MR) is 63.5 cm³/mol. The molecule has 1 atom stereocenters. The first-order valence-corrected chi connectivity index (χ1v) is 7.49. The molecule has 0 bridgehead atoms. The van der Waals surface area contributed by atoms with Gasteiger partial charge in [0.15, 0.2) is 8.03 Å². The van der Waals surface area contributed by atoms with E-state index in [0.29, 0.717) is 6.61 Å². The van der Waals surface area contributed by atoms with Gasteiger partial charge in [0, 0.05) is 6.16 Å². The molecule has 0 saturated heterocycles. The Morgan fingerprint density at radius 1 is 0.929 bits per heavy atom. The highest BCUT2D eigenvalue weighted by Gasteiger charge is 1.98. The Morgan fingerprint density at radius 3 is 2.21 bits per heavy atom. The summed E-state index contributed by atoms with van der Waals surface area (Å²) < 4.78 is 16.5. The van der Waals surface area contributed by atoms with Crippen LogP contribution in [0, 0.1) is 0 Å². The van der Waals surface area contributed by atoms with Crippen molar-refractivity contribution < 1.29 is 9.09 Å². The van der Waals surface area contributed by atoms with Crippen molar-refractivity contribution in [2.45, 2.75) is 58.8 Å². The van der Waals surface area contributed by atoms with Gasteiger partial charge in [0.05, 0.1) is 6.61 Å². The van der Waals surface area contributed by atoms with Gasteiger partial charge in [-0.25, -0.2) is 0 Å². The molecule has 0 fully saturated rings. The summed E-state index contributed by atoms with van der Waals surface area (Å²) in [5.74, 6) is 0. The molecule has 0 saturated carbocycles. The van der Waals surface area contributed by atoms with Crippen molar-refractivity contribution >= 4 is 8.03 Å². The van der Waals surface area contributed by atoms with Gasteiger partial charge in [-0.05, 0) is 12.8 Å². The third-order valence-electron chi connectivity index (χ3n) is 2.25. The van der Waals surface area contributed by atoms with Gasteiger partial charge in [-0.2, -0.15) is 0 Å². The third-order valence-corrected chi connectivity index (χ3v) is 3.53. The van der Waals surface area contributed by atoms with E-state index in [-0.39, 0.29) is 0 Å². The molecule has 0 radical (unpaired) electrons. The molecule has 0 spiro atoms. The second-order valence-electron chi connectivity index (χ2n) is 3.74. The molecular weight excluding hydrogens is 195 g/mol. The van der Waals surface area contributed by atoms with Crippen molar-refractivity contribution in [1.29, 1.82) is 0 Å². The first-order chi connectivity index (χ1) is 6.81. The van der Waals surface area contributed by atoms with Crippen molar-refractivity contribution in [3.05, 3.63) is 0 Å². The predicted octanol–water partition coefficient (Wildman–Crippen LogP) is 4.25. The van der Waals surface area contributed by atoms with E-state index in [0.717, 1.165) is 25.4 Å². The molecule has 0 aromatic carbocycles. The molecule has 0 aliphatic carbocycles. The summed E-state index contributed by atoms with van der Waals surface area (Å²) in [5, 5.41) is 0. The Bertz CT molecular complexity index is 137. The fraction of sp³-hybridized carbons (Fsp3) is 1.00. The van der Waals surface area contributed by atoms with Crippen LogP contribution in [0.1, 0.15) is 58.8 Å². The van der Waals surface area contributed by atoms with Crippen LogP contribution >= 0.6 is 8.03 Å². The Balaban J connectivity index is 3.10. The fourth-order valence-electron chi connectivity index (χ4n) is 1.28. The fourth-order valence-corrected chi connectivity index (χ4v) is 2.33. The summed E-state index contributed by atoms with van der Waals surface area (Å²) >= 11 is 0. The topological polar surface area (TPSA) is 26.3 Å². The van der Waals surface area contributed by atoms with Crippen molar-refractivity contribution in [2.75, 3.05) is 12.8 Å². The van der Waals surface area contributed by atoms with Gasteiger partial charge in [0.1, 0.15) is 0 Å². The highest BCUT2D eigenvalue weighted by Crippen LogP contribution is 2.24. The van der Waals surface area contributed by atoms with E-state index in [1.807, 2.05) is 0 Å². The van der Waals surface area contributed by atoms with Crippen LogP contribution in [-0.2, 0) is 9.09 Å². The monoisotopic (exact) mass is 220 g/mol. The molecule has 1 unspecified atom stereocenters. The second-order valence-corrected chi connectivity index (χ2v) is 5.27. The molecule has 0 amide bonds. The number of hydrogen-bond donors (Lipinski definition) is 0. The van der Waals surface area contributed by atoms with Crippen molar-refractivity contribution in [2.24, 2.45) is 0 Å². The third kappa shape index (κ3) is 10.3. The van der Waals surface area contributed by atoms with Crippen LogP contribution in [0.2, 0.25) is 0 Å². The average molecular weight is 220 g/mol. The quantitative estimate of drug-likeness (QED) is 0.406. The van der Waals surface area contributed by atoms with Crippen LogP contribution in [0.5, 0.6) is 0 Å². The van der Waals surface area contributed by atoms with Gasteiger partial charge in [-0.3, -0.25) is 4.57 Å². The SMILES string of the molecule is CCCCCCC[PH](=O)OCCCC. The van der Waals surface area contributed by atoms with E-state index >= 15 is 0 Å². The highest BCUT2D eigenvalue weighted by atomic mass is 31.1. The number of hydrogen-bond acceptors (Lipinski definition) is 2. The minimum absolute atomic E-state index is 0.684. The molecular formula is C11H25O2P. The van der Waals surface area contributed by atoms with E-state index in [9.17, 15) is 4.57 Å². The normalized spacial score (nSPS) is 13.0. The van der Waals surface area contributed by atoms with Crippen molar-refractivity contribution in [3.8, 4) is 0 Å². The van der Waals surface area contributed by atoms with Crippen LogP contribution in [0.15, 0.2) is 0 Å². The van der Waals surface area contributed by atoms with E-state index in [4.69, 9.17) is 4.52 Å². The Hall–Kier alpha value is 0.190. The highest BCUT2D eigenvalue weighted by molar-refractivity contribution is 7.39. The maximum atomic E-state index is 11.3. The van der Waals surface area contributed by atoms with Gasteiger partial charge in [-0.1, -0.05) is 46.0 Å². The summed E-state index contributed by atoms with van der Waals surface area (Å²) in [6.45, 7) is 5.01. The second kappa shape index (κ2) is 11.3.